The third kappa shape index (κ3) is 1.82. The van der Waals surface area contributed by atoms with Gasteiger partial charge in [-0.15, -0.1) is 0 Å². The molecule has 0 radical (unpaired) electrons. The first-order chi connectivity index (χ1) is 5.77. The van der Waals surface area contributed by atoms with Crippen LogP contribution < -0.4 is 0 Å². The van der Waals surface area contributed by atoms with Crippen molar-refractivity contribution in [3.05, 3.63) is 0 Å². The van der Waals surface area contributed by atoms with Crippen molar-refractivity contribution < 1.29 is 4.79 Å². The van der Waals surface area contributed by atoms with Crippen LogP contribution in [0.4, 0.5) is 0 Å². The van der Waals surface area contributed by atoms with E-state index in [0.717, 1.165) is 38.8 Å². The van der Waals surface area contributed by atoms with Gasteiger partial charge in [-0.2, -0.15) is 0 Å². The molecule has 0 N–H and O–H groups in total. The highest BCUT2D eigenvalue weighted by atomic mass is 79.9. The van der Waals surface area contributed by atoms with Gasteiger partial charge in [-0.3, -0.25) is 4.79 Å². The molecule has 1 amide bonds. The SMILES string of the molecule is O=C(C1CC1)N1CCC(Br)CC1. The van der Waals surface area contributed by atoms with Crippen LogP contribution in [0, 0.1) is 5.92 Å². The van der Waals surface area contributed by atoms with Crippen LogP contribution >= 0.6 is 15.9 Å². The van der Waals surface area contributed by atoms with Gasteiger partial charge in [0.2, 0.25) is 5.91 Å². The normalized spacial score (nSPS) is 25.9. The van der Waals surface area contributed by atoms with Gasteiger partial charge < -0.3 is 4.90 Å². The van der Waals surface area contributed by atoms with E-state index >= 15 is 0 Å². The van der Waals surface area contributed by atoms with Crippen molar-refractivity contribution in [1.82, 2.24) is 4.90 Å². The second-order valence-electron chi connectivity index (χ2n) is 3.77. The van der Waals surface area contributed by atoms with Gasteiger partial charge in [-0.25, -0.2) is 0 Å². The number of hydrogen-bond acceptors (Lipinski definition) is 1. The van der Waals surface area contributed by atoms with E-state index in [9.17, 15) is 4.79 Å². The van der Waals surface area contributed by atoms with Crippen LogP contribution in [-0.2, 0) is 4.79 Å². The molecular formula is C9H14BrNO. The summed E-state index contributed by atoms with van der Waals surface area (Å²) >= 11 is 3.58. The Bertz CT molecular complexity index is 183. The highest BCUT2D eigenvalue weighted by Gasteiger charge is 2.34. The van der Waals surface area contributed by atoms with Crippen molar-refractivity contribution in [2.45, 2.75) is 30.5 Å². The molecule has 0 unspecified atom stereocenters. The minimum absolute atomic E-state index is 0.400. The minimum atomic E-state index is 0.400. The molecule has 0 atom stereocenters. The largest absolute Gasteiger partial charge is 0.342 e. The Morgan fingerprint density at radius 3 is 2.25 bits per heavy atom. The van der Waals surface area contributed by atoms with E-state index in [1.807, 2.05) is 4.90 Å². The Balaban J connectivity index is 1.84. The van der Waals surface area contributed by atoms with E-state index in [1.165, 1.54) is 0 Å². The van der Waals surface area contributed by atoms with Gasteiger partial charge in [0.25, 0.3) is 0 Å². The zero-order valence-corrected chi connectivity index (χ0v) is 8.72. The molecular weight excluding hydrogens is 218 g/mol. The average molecular weight is 232 g/mol. The highest BCUT2D eigenvalue weighted by molar-refractivity contribution is 9.09. The molecule has 0 aromatic heterocycles. The van der Waals surface area contributed by atoms with Crippen molar-refractivity contribution >= 4 is 21.8 Å². The zero-order valence-electron chi connectivity index (χ0n) is 7.13. The maximum Gasteiger partial charge on any atom is 0.225 e. The van der Waals surface area contributed by atoms with Gasteiger partial charge in [0, 0.05) is 23.8 Å². The maximum absolute atomic E-state index is 11.6. The van der Waals surface area contributed by atoms with E-state index in [-0.39, 0.29) is 0 Å². The van der Waals surface area contributed by atoms with E-state index in [2.05, 4.69) is 15.9 Å². The lowest BCUT2D eigenvalue weighted by Gasteiger charge is -2.29. The molecule has 1 aliphatic heterocycles. The summed E-state index contributed by atoms with van der Waals surface area (Å²) in [4.78, 5) is 14.3. The fourth-order valence-corrected chi connectivity index (χ4v) is 2.07. The monoisotopic (exact) mass is 231 g/mol. The van der Waals surface area contributed by atoms with Gasteiger partial charge in [-0.05, 0) is 25.7 Å². The summed E-state index contributed by atoms with van der Waals surface area (Å²) < 4.78 is 0. The molecule has 1 aliphatic carbocycles. The summed E-state index contributed by atoms with van der Waals surface area (Å²) in [5.74, 6) is 0.811. The second-order valence-corrected chi connectivity index (χ2v) is 5.07. The van der Waals surface area contributed by atoms with Crippen LogP contribution in [0.3, 0.4) is 0 Å². The lowest BCUT2D eigenvalue weighted by Crippen LogP contribution is -2.39. The molecule has 0 spiro atoms. The Morgan fingerprint density at radius 1 is 1.17 bits per heavy atom. The summed E-state index contributed by atoms with van der Waals surface area (Å²) in [6, 6.07) is 0. The van der Waals surface area contributed by atoms with Crippen LogP contribution in [0.1, 0.15) is 25.7 Å². The number of likely N-dealkylation sites (tertiary alicyclic amines) is 1. The Labute approximate surface area is 81.4 Å². The summed E-state index contributed by atoms with van der Waals surface area (Å²) in [6.07, 6.45) is 4.51. The van der Waals surface area contributed by atoms with E-state index < -0.39 is 0 Å². The van der Waals surface area contributed by atoms with Gasteiger partial charge in [0.05, 0.1) is 0 Å². The molecule has 2 aliphatic rings. The summed E-state index contributed by atoms with van der Waals surface area (Å²) in [5.41, 5.74) is 0. The number of carbonyl (C=O) groups excluding carboxylic acids is 1. The molecule has 68 valence electrons. The Kier molecular flexibility index (Phi) is 2.40. The number of halogens is 1. The van der Waals surface area contributed by atoms with Crippen molar-refractivity contribution in [2.75, 3.05) is 13.1 Å². The lowest BCUT2D eigenvalue weighted by molar-refractivity contribution is -0.133. The number of piperidine rings is 1. The lowest BCUT2D eigenvalue weighted by atomic mass is 10.1. The summed E-state index contributed by atoms with van der Waals surface area (Å²) in [5, 5.41) is 0. The molecule has 2 fully saturated rings. The maximum atomic E-state index is 11.6. The van der Waals surface area contributed by atoms with Crippen LogP contribution in [0.25, 0.3) is 0 Å². The zero-order chi connectivity index (χ0) is 8.55. The Hall–Kier alpha value is -0.0500. The number of alkyl halides is 1. The van der Waals surface area contributed by atoms with Crippen molar-refractivity contribution in [2.24, 2.45) is 5.92 Å². The summed E-state index contributed by atoms with van der Waals surface area (Å²) in [6.45, 7) is 1.93. The molecule has 0 aromatic rings. The van der Waals surface area contributed by atoms with Crippen molar-refractivity contribution in [1.29, 1.82) is 0 Å². The van der Waals surface area contributed by atoms with Gasteiger partial charge in [0.1, 0.15) is 0 Å². The third-order valence-electron chi connectivity index (χ3n) is 2.66. The highest BCUT2D eigenvalue weighted by Crippen LogP contribution is 2.32. The van der Waals surface area contributed by atoms with Gasteiger partial charge in [-0.1, -0.05) is 15.9 Å². The molecule has 1 saturated carbocycles. The fraction of sp³-hybridized carbons (Fsp3) is 0.889. The average Bonchev–Trinajstić information content (AvgIpc) is 2.87. The standard InChI is InChI=1S/C9H14BrNO/c10-8-3-5-11(6-4-8)9(12)7-1-2-7/h7-8H,1-6H2. The summed E-state index contributed by atoms with van der Waals surface area (Å²) in [7, 11) is 0. The number of nitrogens with zero attached hydrogens (tertiary/aromatic N) is 1. The first kappa shape index (κ1) is 8.54. The fourth-order valence-electron chi connectivity index (χ4n) is 1.66. The predicted molar refractivity (Wildman–Crippen MR) is 51.3 cm³/mol. The molecule has 12 heavy (non-hydrogen) atoms. The number of hydrogen-bond donors (Lipinski definition) is 0. The smallest absolute Gasteiger partial charge is 0.225 e. The molecule has 0 bridgehead atoms. The number of amides is 1. The third-order valence-corrected chi connectivity index (χ3v) is 3.58. The van der Waals surface area contributed by atoms with Gasteiger partial charge >= 0.3 is 0 Å². The predicted octanol–water partition coefficient (Wildman–Crippen LogP) is 1.78. The Morgan fingerprint density at radius 2 is 1.75 bits per heavy atom. The van der Waals surface area contributed by atoms with Crippen LogP contribution in [0.15, 0.2) is 0 Å². The van der Waals surface area contributed by atoms with E-state index in [0.29, 0.717) is 16.7 Å². The number of rotatable bonds is 1. The molecule has 0 aromatic carbocycles. The first-order valence-electron chi connectivity index (χ1n) is 4.70. The minimum Gasteiger partial charge on any atom is -0.342 e. The van der Waals surface area contributed by atoms with Crippen molar-refractivity contribution in [3.8, 4) is 0 Å². The molecule has 1 saturated heterocycles. The molecule has 2 nitrogen and oxygen atoms in total. The molecule has 1 heterocycles. The number of carbonyl (C=O) groups is 1. The van der Waals surface area contributed by atoms with E-state index in [4.69, 9.17) is 0 Å². The van der Waals surface area contributed by atoms with Crippen LogP contribution in [0.5, 0.6) is 0 Å². The van der Waals surface area contributed by atoms with E-state index in [1.54, 1.807) is 0 Å². The van der Waals surface area contributed by atoms with Crippen LogP contribution in [0.2, 0.25) is 0 Å². The van der Waals surface area contributed by atoms with Crippen LogP contribution in [-0.4, -0.2) is 28.7 Å². The second kappa shape index (κ2) is 3.36. The first-order valence-corrected chi connectivity index (χ1v) is 5.62. The van der Waals surface area contributed by atoms with Gasteiger partial charge in [0.15, 0.2) is 0 Å². The topological polar surface area (TPSA) is 20.3 Å². The van der Waals surface area contributed by atoms with Crippen molar-refractivity contribution in [3.63, 3.8) is 0 Å². The molecule has 3 heteroatoms. The molecule has 2 rings (SSSR count). The quantitative estimate of drug-likeness (QED) is 0.631.